The number of carbonyl (C=O) groups is 1. The monoisotopic (exact) mass is 284 g/mol. The molecule has 1 aromatic carbocycles. The Morgan fingerprint density at radius 3 is 2.62 bits per heavy atom. The van der Waals surface area contributed by atoms with Gasteiger partial charge in [0, 0.05) is 6.42 Å². The van der Waals surface area contributed by atoms with Gasteiger partial charge in [-0.25, -0.2) is 0 Å². The second-order valence-electron chi connectivity index (χ2n) is 6.57. The third kappa shape index (κ3) is 2.57. The third-order valence-corrected chi connectivity index (χ3v) is 5.42. The first-order chi connectivity index (χ1) is 10.2. The first-order valence-corrected chi connectivity index (χ1v) is 8.05. The van der Waals surface area contributed by atoms with Gasteiger partial charge in [-0.15, -0.1) is 0 Å². The quantitative estimate of drug-likeness (QED) is 0.819. The van der Waals surface area contributed by atoms with Gasteiger partial charge in [-0.3, -0.25) is 4.79 Å². The second-order valence-corrected chi connectivity index (χ2v) is 6.57. The lowest BCUT2D eigenvalue weighted by atomic mass is 9.73. The van der Waals surface area contributed by atoms with E-state index in [0.717, 1.165) is 38.5 Å². The van der Waals surface area contributed by atoms with Crippen LogP contribution in [0.1, 0.15) is 51.0 Å². The zero-order valence-corrected chi connectivity index (χ0v) is 12.8. The van der Waals surface area contributed by atoms with Gasteiger partial charge in [0.1, 0.15) is 5.78 Å². The third-order valence-electron chi connectivity index (χ3n) is 5.42. The molecule has 0 N–H and O–H groups in total. The van der Waals surface area contributed by atoms with Crippen LogP contribution in [0.5, 0.6) is 0 Å². The van der Waals surface area contributed by atoms with Gasteiger partial charge in [-0.05, 0) is 44.6 Å². The Bertz CT molecular complexity index is 530. The first-order valence-electron chi connectivity index (χ1n) is 8.05. The van der Waals surface area contributed by atoms with Crippen molar-refractivity contribution in [2.75, 3.05) is 6.61 Å². The Morgan fingerprint density at radius 1 is 1.14 bits per heavy atom. The van der Waals surface area contributed by atoms with E-state index in [4.69, 9.17) is 4.74 Å². The Kier molecular flexibility index (Phi) is 3.99. The Labute approximate surface area is 127 Å². The molecule has 2 fully saturated rings. The largest absolute Gasteiger partial charge is 0.370 e. The van der Waals surface area contributed by atoms with Crippen LogP contribution in [0.3, 0.4) is 0 Å². The maximum Gasteiger partial charge on any atom is 0.141 e. The van der Waals surface area contributed by atoms with Crippen LogP contribution in [0.25, 0.3) is 6.08 Å². The zero-order valence-electron chi connectivity index (χ0n) is 12.8. The molecular formula is C19H24O2. The summed E-state index contributed by atoms with van der Waals surface area (Å²) in [6.07, 6.45) is 10.1. The molecule has 0 aromatic heterocycles. The highest BCUT2D eigenvalue weighted by molar-refractivity contribution is 5.88. The molecule has 0 amide bonds. The summed E-state index contributed by atoms with van der Waals surface area (Å²) in [7, 11) is 0. The van der Waals surface area contributed by atoms with Gasteiger partial charge in [0.2, 0.25) is 0 Å². The van der Waals surface area contributed by atoms with Crippen LogP contribution in [0.4, 0.5) is 0 Å². The summed E-state index contributed by atoms with van der Waals surface area (Å²) in [5.74, 6) is 0.439. The molecule has 0 heterocycles. The van der Waals surface area contributed by atoms with E-state index in [1.165, 1.54) is 5.56 Å². The minimum absolute atomic E-state index is 0.187. The molecule has 21 heavy (non-hydrogen) atoms. The number of hydrogen-bond donors (Lipinski definition) is 0. The number of rotatable bonds is 4. The van der Waals surface area contributed by atoms with Gasteiger partial charge < -0.3 is 4.74 Å². The molecule has 2 saturated carbocycles. The highest BCUT2D eigenvalue weighted by Gasteiger charge is 2.58. The minimum Gasteiger partial charge on any atom is -0.370 e. The standard InChI is InChI=1S/C19H24O2/c1-18(12-7-14-19(18)13-5-11-17(19)20)21-15-6-10-16-8-3-2-4-9-16/h2-4,6,8-10H,5,7,11-15H2,1H3/b10-6+. The summed E-state index contributed by atoms with van der Waals surface area (Å²) >= 11 is 0. The predicted molar refractivity (Wildman–Crippen MR) is 85.0 cm³/mol. The van der Waals surface area contributed by atoms with Gasteiger partial charge in [-0.1, -0.05) is 42.5 Å². The van der Waals surface area contributed by atoms with Gasteiger partial charge in [0.15, 0.2) is 0 Å². The molecule has 2 nitrogen and oxygen atoms in total. The summed E-state index contributed by atoms with van der Waals surface area (Å²) in [5.41, 5.74) is 0.735. The van der Waals surface area contributed by atoms with Crippen LogP contribution < -0.4 is 0 Å². The molecular weight excluding hydrogens is 260 g/mol. The molecule has 112 valence electrons. The van der Waals surface area contributed by atoms with E-state index < -0.39 is 0 Å². The van der Waals surface area contributed by atoms with Crippen molar-refractivity contribution in [3.05, 3.63) is 42.0 Å². The van der Waals surface area contributed by atoms with E-state index >= 15 is 0 Å². The fourth-order valence-electron chi connectivity index (χ4n) is 4.18. The van der Waals surface area contributed by atoms with Gasteiger partial charge in [0.25, 0.3) is 0 Å². The summed E-state index contributed by atoms with van der Waals surface area (Å²) in [4.78, 5) is 12.4. The molecule has 2 atom stereocenters. The van der Waals surface area contributed by atoms with E-state index in [2.05, 4.69) is 31.2 Å². The van der Waals surface area contributed by atoms with Crippen molar-refractivity contribution in [2.45, 2.75) is 51.0 Å². The predicted octanol–water partition coefficient (Wildman–Crippen LogP) is 4.40. The Morgan fingerprint density at radius 2 is 1.90 bits per heavy atom. The smallest absolute Gasteiger partial charge is 0.141 e. The van der Waals surface area contributed by atoms with Crippen molar-refractivity contribution in [1.82, 2.24) is 0 Å². The molecule has 1 spiro atoms. The Balaban J connectivity index is 1.64. The van der Waals surface area contributed by atoms with Crippen LogP contribution in [0.2, 0.25) is 0 Å². The van der Waals surface area contributed by atoms with Crippen LogP contribution in [-0.2, 0) is 9.53 Å². The molecule has 2 unspecified atom stereocenters. The number of carbonyl (C=O) groups excluding carboxylic acids is 1. The molecule has 2 aliphatic carbocycles. The second kappa shape index (κ2) is 5.76. The number of hydrogen-bond acceptors (Lipinski definition) is 2. The van der Waals surface area contributed by atoms with E-state index in [0.29, 0.717) is 12.4 Å². The number of benzene rings is 1. The lowest BCUT2D eigenvalue weighted by molar-refractivity contribution is -0.144. The highest BCUT2D eigenvalue weighted by Crippen LogP contribution is 2.56. The van der Waals surface area contributed by atoms with Crippen molar-refractivity contribution in [1.29, 1.82) is 0 Å². The fraction of sp³-hybridized carbons (Fsp3) is 0.526. The molecule has 0 radical (unpaired) electrons. The molecule has 1 aromatic rings. The van der Waals surface area contributed by atoms with Crippen molar-refractivity contribution in [3.63, 3.8) is 0 Å². The maximum absolute atomic E-state index is 12.4. The lowest BCUT2D eigenvalue weighted by Gasteiger charge is -2.39. The van der Waals surface area contributed by atoms with E-state index in [1.54, 1.807) is 0 Å². The molecule has 0 saturated heterocycles. The van der Waals surface area contributed by atoms with Crippen molar-refractivity contribution >= 4 is 11.9 Å². The topological polar surface area (TPSA) is 26.3 Å². The van der Waals surface area contributed by atoms with Crippen LogP contribution in [-0.4, -0.2) is 18.0 Å². The number of ketones is 1. The van der Waals surface area contributed by atoms with Crippen molar-refractivity contribution < 1.29 is 9.53 Å². The average Bonchev–Trinajstić information content (AvgIpc) is 3.03. The van der Waals surface area contributed by atoms with Gasteiger partial charge in [-0.2, -0.15) is 0 Å². The number of Topliss-reactive ketones (excluding diaryl/α,β-unsaturated/α-hetero) is 1. The first kappa shape index (κ1) is 14.5. The van der Waals surface area contributed by atoms with Gasteiger partial charge in [0.05, 0.1) is 17.6 Å². The van der Waals surface area contributed by atoms with Crippen molar-refractivity contribution in [2.24, 2.45) is 5.41 Å². The van der Waals surface area contributed by atoms with Crippen LogP contribution in [0, 0.1) is 5.41 Å². The van der Waals surface area contributed by atoms with E-state index in [-0.39, 0.29) is 11.0 Å². The molecule has 2 aliphatic rings. The fourth-order valence-corrected chi connectivity index (χ4v) is 4.18. The molecule has 3 rings (SSSR count). The van der Waals surface area contributed by atoms with Crippen LogP contribution in [0.15, 0.2) is 36.4 Å². The van der Waals surface area contributed by atoms with Gasteiger partial charge >= 0.3 is 0 Å². The molecule has 0 bridgehead atoms. The normalized spacial score (nSPS) is 32.5. The minimum atomic E-state index is -0.262. The maximum atomic E-state index is 12.4. The van der Waals surface area contributed by atoms with Crippen LogP contribution >= 0.6 is 0 Å². The highest BCUT2D eigenvalue weighted by atomic mass is 16.5. The van der Waals surface area contributed by atoms with E-state index in [9.17, 15) is 4.79 Å². The lowest BCUT2D eigenvalue weighted by Crippen LogP contribution is -2.46. The summed E-state index contributed by atoms with van der Waals surface area (Å²) in [5, 5.41) is 0. The Hall–Kier alpha value is -1.41. The van der Waals surface area contributed by atoms with Crippen molar-refractivity contribution in [3.8, 4) is 0 Å². The summed E-state index contributed by atoms with van der Waals surface area (Å²) in [6, 6.07) is 10.2. The SMILES string of the molecule is CC1(OC/C=C/c2ccccc2)CCCC12CCCC2=O. The zero-order chi connectivity index (χ0) is 14.8. The number of ether oxygens (including phenoxy) is 1. The molecule has 2 heteroatoms. The van der Waals surface area contributed by atoms with E-state index in [1.807, 2.05) is 18.2 Å². The molecule has 0 aliphatic heterocycles. The summed E-state index contributed by atoms with van der Waals surface area (Å²) < 4.78 is 6.21. The summed E-state index contributed by atoms with van der Waals surface area (Å²) in [6.45, 7) is 2.74. The average molecular weight is 284 g/mol.